The number of rotatable bonds is 6. The summed E-state index contributed by atoms with van der Waals surface area (Å²) in [7, 11) is 0. The maximum atomic E-state index is 12.6. The second kappa shape index (κ2) is 8.26. The summed E-state index contributed by atoms with van der Waals surface area (Å²) in [5, 5.41) is 5.73. The Labute approximate surface area is 142 Å². The standard InChI is InChI=1S/C19H23N3O2/c1-13(12-20)18(23)22-17-11-7-6-10-16(17)19(24)21-14(2)15-8-4-3-5-9-15/h3-11,13-14H,12,20H2,1-2H3,(H,21,24)(H,22,23). The van der Waals surface area contributed by atoms with Crippen LogP contribution in [0.5, 0.6) is 0 Å². The van der Waals surface area contributed by atoms with Crippen LogP contribution in [0.4, 0.5) is 5.69 Å². The SMILES string of the molecule is CC(CN)C(=O)Nc1ccccc1C(=O)NC(C)c1ccccc1. The van der Waals surface area contributed by atoms with E-state index in [-0.39, 0.29) is 30.3 Å². The van der Waals surface area contributed by atoms with E-state index in [1.807, 2.05) is 37.3 Å². The first kappa shape index (κ1) is 17.7. The molecule has 2 atom stereocenters. The molecule has 24 heavy (non-hydrogen) atoms. The maximum absolute atomic E-state index is 12.6. The Bertz CT molecular complexity index is 701. The van der Waals surface area contributed by atoms with E-state index in [0.717, 1.165) is 5.56 Å². The Balaban J connectivity index is 2.13. The molecule has 0 bridgehead atoms. The molecular weight excluding hydrogens is 302 g/mol. The van der Waals surface area contributed by atoms with Gasteiger partial charge in [-0.2, -0.15) is 0 Å². The molecule has 126 valence electrons. The van der Waals surface area contributed by atoms with Crippen LogP contribution in [-0.4, -0.2) is 18.4 Å². The molecule has 0 aromatic heterocycles. The van der Waals surface area contributed by atoms with Crippen LogP contribution in [0, 0.1) is 5.92 Å². The highest BCUT2D eigenvalue weighted by atomic mass is 16.2. The number of amides is 2. The third kappa shape index (κ3) is 4.43. The van der Waals surface area contributed by atoms with Crippen molar-refractivity contribution in [3.63, 3.8) is 0 Å². The fourth-order valence-corrected chi connectivity index (χ4v) is 2.25. The van der Waals surface area contributed by atoms with E-state index < -0.39 is 0 Å². The number of anilines is 1. The molecule has 2 amide bonds. The number of carbonyl (C=O) groups excluding carboxylic acids is 2. The average Bonchev–Trinajstić information content (AvgIpc) is 2.62. The zero-order chi connectivity index (χ0) is 17.5. The minimum absolute atomic E-state index is 0.134. The lowest BCUT2D eigenvalue weighted by atomic mass is 10.1. The lowest BCUT2D eigenvalue weighted by molar-refractivity contribution is -0.119. The van der Waals surface area contributed by atoms with Gasteiger partial charge in [-0.3, -0.25) is 9.59 Å². The van der Waals surface area contributed by atoms with Crippen molar-refractivity contribution >= 4 is 17.5 Å². The van der Waals surface area contributed by atoms with Gasteiger partial charge in [-0.15, -0.1) is 0 Å². The first-order valence-corrected chi connectivity index (χ1v) is 7.98. The van der Waals surface area contributed by atoms with Gasteiger partial charge < -0.3 is 16.4 Å². The van der Waals surface area contributed by atoms with Gasteiger partial charge in [0.2, 0.25) is 5.91 Å². The van der Waals surface area contributed by atoms with Crippen molar-refractivity contribution in [3.8, 4) is 0 Å². The summed E-state index contributed by atoms with van der Waals surface area (Å²) in [6.45, 7) is 3.92. The first-order chi connectivity index (χ1) is 11.5. The Hall–Kier alpha value is -2.66. The van der Waals surface area contributed by atoms with E-state index in [4.69, 9.17) is 5.73 Å². The number of hydrogen-bond donors (Lipinski definition) is 3. The van der Waals surface area contributed by atoms with Gasteiger partial charge in [0, 0.05) is 12.5 Å². The normalized spacial score (nSPS) is 13.0. The van der Waals surface area contributed by atoms with Crippen LogP contribution in [0.1, 0.15) is 35.8 Å². The third-order valence-corrected chi connectivity index (χ3v) is 3.88. The molecule has 5 nitrogen and oxygen atoms in total. The van der Waals surface area contributed by atoms with Gasteiger partial charge in [0.1, 0.15) is 0 Å². The van der Waals surface area contributed by atoms with Crippen molar-refractivity contribution in [1.82, 2.24) is 5.32 Å². The molecule has 0 heterocycles. The predicted octanol–water partition coefficient (Wildman–Crippen LogP) is 2.71. The molecule has 0 radical (unpaired) electrons. The minimum atomic E-state index is -0.315. The molecule has 2 aromatic rings. The Kier molecular flexibility index (Phi) is 6.09. The Morgan fingerprint density at radius 2 is 1.62 bits per heavy atom. The second-order valence-electron chi connectivity index (χ2n) is 5.78. The molecule has 0 fully saturated rings. The number of nitrogens with two attached hydrogens (primary N) is 1. The van der Waals surface area contributed by atoms with Gasteiger partial charge in [0.15, 0.2) is 0 Å². The molecule has 0 saturated heterocycles. The van der Waals surface area contributed by atoms with Crippen molar-refractivity contribution in [3.05, 3.63) is 65.7 Å². The number of carbonyl (C=O) groups is 2. The second-order valence-corrected chi connectivity index (χ2v) is 5.78. The van der Waals surface area contributed by atoms with Gasteiger partial charge in [0.25, 0.3) is 5.91 Å². The Morgan fingerprint density at radius 1 is 1.00 bits per heavy atom. The molecule has 0 saturated carbocycles. The summed E-state index contributed by atoms with van der Waals surface area (Å²) in [6, 6.07) is 16.5. The number of para-hydroxylation sites is 1. The van der Waals surface area contributed by atoms with Crippen LogP contribution >= 0.6 is 0 Å². The van der Waals surface area contributed by atoms with E-state index in [1.54, 1.807) is 31.2 Å². The summed E-state index contributed by atoms with van der Waals surface area (Å²) in [4.78, 5) is 24.6. The summed E-state index contributed by atoms with van der Waals surface area (Å²) < 4.78 is 0. The largest absolute Gasteiger partial charge is 0.345 e. The smallest absolute Gasteiger partial charge is 0.253 e. The Morgan fingerprint density at radius 3 is 2.29 bits per heavy atom. The number of benzene rings is 2. The van der Waals surface area contributed by atoms with Crippen LogP contribution < -0.4 is 16.4 Å². The minimum Gasteiger partial charge on any atom is -0.345 e. The van der Waals surface area contributed by atoms with Crippen molar-refractivity contribution in [2.75, 3.05) is 11.9 Å². The van der Waals surface area contributed by atoms with Crippen LogP contribution in [-0.2, 0) is 4.79 Å². The van der Waals surface area contributed by atoms with Crippen LogP contribution in [0.3, 0.4) is 0 Å². The summed E-state index contributed by atoms with van der Waals surface area (Å²) >= 11 is 0. The van der Waals surface area contributed by atoms with Crippen molar-refractivity contribution in [1.29, 1.82) is 0 Å². The maximum Gasteiger partial charge on any atom is 0.253 e. The van der Waals surface area contributed by atoms with E-state index in [2.05, 4.69) is 10.6 Å². The highest BCUT2D eigenvalue weighted by molar-refractivity contribution is 6.04. The lowest BCUT2D eigenvalue weighted by Crippen LogP contribution is -2.30. The van der Waals surface area contributed by atoms with E-state index in [9.17, 15) is 9.59 Å². The van der Waals surface area contributed by atoms with Crippen LogP contribution in [0.2, 0.25) is 0 Å². The molecule has 0 spiro atoms. The predicted molar refractivity (Wildman–Crippen MR) is 95.6 cm³/mol. The van der Waals surface area contributed by atoms with Crippen LogP contribution in [0.25, 0.3) is 0 Å². The molecule has 0 aliphatic rings. The fraction of sp³-hybridized carbons (Fsp3) is 0.263. The van der Waals surface area contributed by atoms with Crippen LogP contribution in [0.15, 0.2) is 54.6 Å². The van der Waals surface area contributed by atoms with Gasteiger partial charge in [0.05, 0.1) is 17.3 Å². The van der Waals surface area contributed by atoms with Crippen molar-refractivity contribution in [2.24, 2.45) is 11.7 Å². The van der Waals surface area contributed by atoms with E-state index >= 15 is 0 Å². The van der Waals surface area contributed by atoms with Gasteiger partial charge >= 0.3 is 0 Å². The molecule has 2 rings (SSSR count). The third-order valence-electron chi connectivity index (χ3n) is 3.88. The first-order valence-electron chi connectivity index (χ1n) is 7.98. The zero-order valence-electron chi connectivity index (χ0n) is 14.0. The van der Waals surface area contributed by atoms with Crippen molar-refractivity contribution in [2.45, 2.75) is 19.9 Å². The highest BCUT2D eigenvalue weighted by Gasteiger charge is 2.17. The highest BCUT2D eigenvalue weighted by Crippen LogP contribution is 2.18. The fourth-order valence-electron chi connectivity index (χ4n) is 2.25. The van der Waals surface area contributed by atoms with E-state index in [1.165, 1.54) is 0 Å². The van der Waals surface area contributed by atoms with Gasteiger partial charge in [-0.25, -0.2) is 0 Å². The summed E-state index contributed by atoms with van der Waals surface area (Å²) in [5.74, 6) is -0.749. The number of hydrogen-bond acceptors (Lipinski definition) is 3. The van der Waals surface area contributed by atoms with Gasteiger partial charge in [-0.1, -0.05) is 49.4 Å². The topological polar surface area (TPSA) is 84.2 Å². The van der Waals surface area contributed by atoms with Gasteiger partial charge in [-0.05, 0) is 24.6 Å². The summed E-state index contributed by atoms with van der Waals surface area (Å²) in [6.07, 6.45) is 0. The molecule has 2 unspecified atom stereocenters. The number of nitrogens with one attached hydrogen (secondary N) is 2. The van der Waals surface area contributed by atoms with Crippen molar-refractivity contribution < 1.29 is 9.59 Å². The monoisotopic (exact) mass is 325 g/mol. The molecular formula is C19H23N3O2. The molecule has 0 aliphatic heterocycles. The van der Waals surface area contributed by atoms with E-state index in [0.29, 0.717) is 11.3 Å². The molecule has 0 aliphatic carbocycles. The molecule has 5 heteroatoms. The zero-order valence-corrected chi connectivity index (χ0v) is 14.0. The quantitative estimate of drug-likeness (QED) is 0.763. The molecule has 2 aromatic carbocycles. The average molecular weight is 325 g/mol. The summed E-state index contributed by atoms with van der Waals surface area (Å²) in [5.41, 5.74) is 7.45. The molecule has 4 N–H and O–H groups in total. The lowest BCUT2D eigenvalue weighted by Gasteiger charge is -2.17.